The second-order valence-electron chi connectivity index (χ2n) is 6.78. The van der Waals surface area contributed by atoms with Crippen LogP contribution in [0.4, 0.5) is 0 Å². The Kier molecular flexibility index (Phi) is 13.9. The van der Waals surface area contributed by atoms with Crippen LogP contribution in [-0.2, 0) is 33.2 Å². The molecule has 2 rings (SSSR count). The van der Waals surface area contributed by atoms with Gasteiger partial charge in [0.05, 0.1) is 58.4 Å². The maximum absolute atomic E-state index is 11.8. The van der Waals surface area contributed by atoms with E-state index in [9.17, 15) is 14.4 Å². The van der Waals surface area contributed by atoms with E-state index >= 15 is 0 Å². The Morgan fingerprint density at radius 2 is 0.853 bits per heavy atom. The van der Waals surface area contributed by atoms with Crippen molar-refractivity contribution in [2.24, 2.45) is 0 Å². The molecule has 0 heterocycles. The number of esters is 2. The first-order valence-corrected chi connectivity index (χ1v) is 11.0. The summed E-state index contributed by atoms with van der Waals surface area (Å²) in [5, 5.41) is 0. The molecule has 0 aliphatic heterocycles. The minimum atomic E-state index is -0.902. The van der Waals surface area contributed by atoms with Crippen molar-refractivity contribution < 1.29 is 42.8 Å². The minimum Gasteiger partial charge on any atom is -0.460 e. The Morgan fingerprint density at radius 1 is 0.471 bits per heavy atom. The third-order valence-corrected chi connectivity index (χ3v) is 4.27. The lowest BCUT2D eigenvalue weighted by Gasteiger charge is -2.08. The van der Waals surface area contributed by atoms with Gasteiger partial charge in [-0.3, -0.25) is 4.79 Å². The first-order chi connectivity index (χ1) is 16.7. The lowest BCUT2D eigenvalue weighted by Crippen LogP contribution is -2.20. The molecule has 0 saturated heterocycles. The Labute approximate surface area is 198 Å². The van der Waals surface area contributed by atoms with Gasteiger partial charge in [0.25, 0.3) is 5.78 Å². The van der Waals surface area contributed by atoms with Gasteiger partial charge < -0.3 is 28.4 Å². The fourth-order valence-corrected chi connectivity index (χ4v) is 2.58. The first kappa shape index (κ1) is 27.1. The van der Waals surface area contributed by atoms with E-state index in [0.717, 1.165) is 0 Å². The molecule has 9 nitrogen and oxygen atoms in total. The Bertz CT molecular complexity index is 840. The number of rotatable bonds is 18. The summed E-state index contributed by atoms with van der Waals surface area (Å²) >= 11 is 0. The zero-order valence-corrected chi connectivity index (χ0v) is 19.0. The summed E-state index contributed by atoms with van der Waals surface area (Å²) in [5.41, 5.74) is 0.801. The molecule has 2 aromatic rings. The van der Waals surface area contributed by atoms with Crippen LogP contribution in [0.3, 0.4) is 0 Å². The number of benzene rings is 2. The van der Waals surface area contributed by atoms with Crippen LogP contribution in [0.5, 0.6) is 0 Å². The molecule has 34 heavy (non-hydrogen) atoms. The molecule has 0 aliphatic rings. The van der Waals surface area contributed by atoms with Crippen molar-refractivity contribution >= 4 is 17.7 Å². The van der Waals surface area contributed by atoms with E-state index in [0.29, 0.717) is 57.4 Å². The highest BCUT2D eigenvalue weighted by Crippen LogP contribution is 2.02. The van der Waals surface area contributed by atoms with E-state index in [1.54, 1.807) is 54.6 Å². The van der Waals surface area contributed by atoms with Crippen molar-refractivity contribution in [3.63, 3.8) is 0 Å². The molecule has 0 bridgehead atoms. The monoisotopic (exact) mass is 474 g/mol. The normalized spacial score (nSPS) is 10.6. The van der Waals surface area contributed by atoms with Crippen LogP contribution in [0.25, 0.3) is 0 Å². The average Bonchev–Trinajstić information content (AvgIpc) is 2.88. The smallest absolute Gasteiger partial charge is 0.379 e. The number of ketones is 1. The number of carbonyl (C=O) groups excluding carboxylic acids is 3. The highest BCUT2D eigenvalue weighted by atomic mass is 16.6. The lowest BCUT2D eigenvalue weighted by molar-refractivity contribution is -0.139. The highest BCUT2D eigenvalue weighted by Gasteiger charge is 2.17. The van der Waals surface area contributed by atoms with Crippen molar-refractivity contribution in [2.45, 2.75) is 0 Å². The second-order valence-corrected chi connectivity index (χ2v) is 6.78. The van der Waals surface area contributed by atoms with Crippen LogP contribution in [0.15, 0.2) is 60.7 Å². The van der Waals surface area contributed by atoms with Crippen molar-refractivity contribution in [2.75, 3.05) is 66.1 Å². The molecule has 0 aliphatic carbocycles. The molecule has 0 saturated carbocycles. The topological polar surface area (TPSA) is 107 Å². The molecular formula is C25H30O9. The molecule has 0 radical (unpaired) electrons. The molecule has 184 valence electrons. The van der Waals surface area contributed by atoms with Crippen molar-refractivity contribution in [3.05, 3.63) is 71.8 Å². The van der Waals surface area contributed by atoms with Crippen LogP contribution in [0.2, 0.25) is 0 Å². The highest BCUT2D eigenvalue weighted by molar-refractivity contribution is 6.40. The van der Waals surface area contributed by atoms with E-state index < -0.39 is 11.8 Å². The number of carbonyl (C=O) groups is 3. The van der Waals surface area contributed by atoms with Gasteiger partial charge in [0, 0.05) is 5.56 Å². The van der Waals surface area contributed by atoms with Crippen molar-refractivity contribution in [1.29, 1.82) is 0 Å². The van der Waals surface area contributed by atoms with Gasteiger partial charge >= 0.3 is 11.9 Å². The molecule has 9 heteroatoms. The molecule has 2 aromatic carbocycles. The Balaban J connectivity index is 1.31. The lowest BCUT2D eigenvalue weighted by atomic mass is 10.1. The van der Waals surface area contributed by atoms with Gasteiger partial charge in [-0.25, -0.2) is 9.59 Å². The predicted octanol–water partition coefficient (Wildman–Crippen LogP) is 2.34. The van der Waals surface area contributed by atoms with Gasteiger partial charge in [-0.05, 0) is 12.1 Å². The molecule has 0 spiro atoms. The summed E-state index contributed by atoms with van der Waals surface area (Å²) in [6.07, 6.45) is 0. The standard InChI is InChI=1S/C25H30O9/c26-23(21-7-3-1-4-8-21)25(28)34-20-18-32-16-14-30-12-11-29-13-15-31-17-19-33-24(27)22-9-5-2-6-10-22/h1-10H,11-20H2. The quantitative estimate of drug-likeness (QED) is 0.139. The third-order valence-electron chi connectivity index (χ3n) is 4.27. The van der Waals surface area contributed by atoms with Gasteiger partial charge in [0.2, 0.25) is 0 Å². The van der Waals surface area contributed by atoms with Crippen molar-refractivity contribution in [1.82, 2.24) is 0 Å². The van der Waals surface area contributed by atoms with Gasteiger partial charge in [0.15, 0.2) is 0 Å². The van der Waals surface area contributed by atoms with Crippen molar-refractivity contribution in [3.8, 4) is 0 Å². The van der Waals surface area contributed by atoms with Gasteiger partial charge in [-0.2, -0.15) is 0 Å². The fraction of sp³-hybridized carbons (Fsp3) is 0.400. The number of hydrogen-bond donors (Lipinski definition) is 0. The van der Waals surface area contributed by atoms with Crippen LogP contribution in [0, 0.1) is 0 Å². The first-order valence-electron chi connectivity index (χ1n) is 11.0. The van der Waals surface area contributed by atoms with E-state index in [-0.39, 0.29) is 25.8 Å². The Morgan fingerprint density at radius 3 is 1.32 bits per heavy atom. The van der Waals surface area contributed by atoms with Crippen LogP contribution in [-0.4, -0.2) is 83.8 Å². The van der Waals surface area contributed by atoms with Gasteiger partial charge in [0.1, 0.15) is 13.2 Å². The maximum atomic E-state index is 11.8. The molecule has 0 aromatic heterocycles. The summed E-state index contributed by atoms with van der Waals surface area (Å²) in [5.74, 6) is -1.96. The molecule has 0 fully saturated rings. The summed E-state index contributed by atoms with van der Waals surface area (Å²) in [7, 11) is 0. The minimum absolute atomic E-state index is 0.00796. The SMILES string of the molecule is O=C(OCCOCCOCCOCCOCCOC(=O)c1ccccc1)C(=O)c1ccccc1. The predicted molar refractivity (Wildman–Crippen MR) is 122 cm³/mol. The van der Waals surface area contributed by atoms with Gasteiger partial charge in [-0.1, -0.05) is 48.5 Å². The van der Waals surface area contributed by atoms with Gasteiger partial charge in [-0.15, -0.1) is 0 Å². The average molecular weight is 475 g/mol. The number of ether oxygens (including phenoxy) is 6. The van der Waals surface area contributed by atoms with Crippen LogP contribution in [0.1, 0.15) is 20.7 Å². The zero-order valence-electron chi connectivity index (χ0n) is 19.0. The molecule has 0 amide bonds. The second kappa shape index (κ2) is 17.4. The molecule has 0 N–H and O–H groups in total. The number of Topliss-reactive ketones (excluding diaryl/α,β-unsaturated/α-hetero) is 1. The summed E-state index contributed by atoms with van der Waals surface area (Å²) < 4.78 is 31.3. The molecule has 0 unspecified atom stereocenters. The van der Waals surface area contributed by atoms with Crippen LogP contribution >= 0.6 is 0 Å². The maximum Gasteiger partial charge on any atom is 0.379 e. The number of hydrogen-bond acceptors (Lipinski definition) is 9. The largest absolute Gasteiger partial charge is 0.460 e. The van der Waals surface area contributed by atoms with E-state index in [2.05, 4.69) is 0 Å². The molecular weight excluding hydrogens is 444 g/mol. The summed E-state index contributed by atoms with van der Waals surface area (Å²) in [4.78, 5) is 35.2. The van der Waals surface area contributed by atoms with E-state index in [1.807, 2.05) is 6.07 Å². The van der Waals surface area contributed by atoms with Crippen LogP contribution < -0.4 is 0 Å². The summed E-state index contributed by atoms with van der Waals surface area (Å²) in [6, 6.07) is 17.0. The van der Waals surface area contributed by atoms with E-state index in [4.69, 9.17) is 28.4 Å². The molecule has 0 atom stereocenters. The third kappa shape index (κ3) is 11.7. The fourth-order valence-electron chi connectivity index (χ4n) is 2.58. The van der Waals surface area contributed by atoms with E-state index in [1.165, 1.54) is 0 Å². The summed E-state index contributed by atoms with van der Waals surface area (Å²) in [6.45, 7) is 2.93. The zero-order chi connectivity index (χ0) is 24.3. The Hall–Kier alpha value is -3.11.